The van der Waals surface area contributed by atoms with Gasteiger partial charge in [0.1, 0.15) is 5.69 Å². The van der Waals surface area contributed by atoms with Gasteiger partial charge in [0.15, 0.2) is 11.5 Å². The number of hydrogen-bond acceptors (Lipinski definition) is 7. The Hall–Kier alpha value is -3.70. The van der Waals surface area contributed by atoms with Gasteiger partial charge in [-0.25, -0.2) is 0 Å². The van der Waals surface area contributed by atoms with E-state index < -0.39 is 26.7 Å². The summed E-state index contributed by atoms with van der Waals surface area (Å²) in [7, 11) is -3.14. The molecule has 4 aromatic carbocycles. The molecular weight excluding hydrogens is 541 g/mol. The van der Waals surface area contributed by atoms with Crippen molar-refractivity contribution in [3.05, 3.63) is 81.8 Å². The number of methoxy groups -OCH3 is 1. The Labute approximate surface area is 222 Å². The Kier molecular flexibility index (Phi) is 7.37. The number of anilines is 1. The van der Waals surface area contributed by atoms with Gasteiger partial charge in [0.25, 0.3) is 16.0 Å². The number of amides is 1. The molecule has 0 aliphatic carbocycles. The maximum absolute atomic E-state index is 13.2. The van der Waals surface area contributed by atoms with E-state index in [1.165, 1.54) is 13.2 Å². The van der Waals surface area contributed by atoms with Crippen LogP contribution in [0.3, 0.4) is 0 Å². The van der Waals surface area contributed by atoms with Gasteiger partial charge in [-0.15, -0.1) is 5.11 Å². The van der Waals surface area contributed by atoms with Gasteiger partial charge >= 0.3 is 0 Å². The van der Waals surface area contributed by atoms with Gasteiger partial charge in [0, 0.05) is 10.4 Å². The zero-order valence-corrected chi connectivity index (χ0v) is 21.7. The summed E-state index contributed by atoms with van der Waals surface area (Å²) >= 11 is 12.3. The largest absolute Gasteiger partial charge is 0.505 e. The topological polar surface area (TPSA) is 138 Å². The van der Waals surface area contributed by atoms with E-state index in [-0.39, 0.29) is 27.7 Å². The number of nitrogens with zero attached hydrogens (tertiary/aromatic N) is 2. The number of carbonyl (C=O) groups excluding carboxylic acids is 1. The van der Waals surface area contributed by atoms with Crippen molar-refractivity contribution in [3.63, 3.8) is 0 Å². The molecule has 0 saturated heterocycles. The molecule has 0 aromatic heterocycles. The number of aromatic hydroxyl groups is 1. The van der Waals surface area contributed by atoms with Crippen molar-refractivity contribution in [2.45, 2.75) is 11.8 Å². The van der Waals surface area contributed by atoms with E-state index in [1.807, 2.05) is 0 Å². The first-order valence-electron chi connectivity index (χ1n) is 10.6. The van der Waals surface area contributed by atoms with Crippen LogP contribution >= 0.6 is 23.2 Å². The lowest BCUT2D eigenvalue weighted by Crippen LogP contribution is -2.13. The second-order valence-corrected chi connectivity index (χ2v) is 10.1. The summed E-state index contributed by atoms with van der Waals surface area (Å²) in [6.07, 6.45) is 0. The smallest absolute Gasteiger partial charge is 0.294 e. The summed E-state index contributed by atoms with van der Waals surface area (Å²) in [5.41, 5.74) is 0.596. The summed E-state index contributed by atoms with van der Waals surface area (Å²) in [6, 6.07) is 15.4. The van der Waals surface area contributed by atoms with Gasteiger partial charge in [0.05, 0.1) is 34.0 Å². The molecule has 0 spiro atoms. The first-order valence-corrected chi connectivity index (χ1v) is 12.8. The van der Waals surface area contributed by atoms with E-state index in [0.717, 1.165) is 12.1 Å². The standard InChI is InChI=1S/C25H19Cl2N3O6S/c1-13-19(27)11-15(37(33,34)35)12-21(13)29-30-22-16-7-4-3-6-14(16)10-17(23(22)31)25(32)28-20-9-5-8-18(26)24(20)36-2/h3-12,31H,1-2H3,(H,28,32)(H,33,34,35). The van der Waals surface area contributed by atoms with Crippen LogP contribution in [0.4, 0.5) is 17.1 Å². The van der Waals surface area contributed by atoms with Crippen molar-refractivity contribution >= 4 is 67.1 Å². The predicted octanol–water partition coefficient (Wildman–Crippen LogP) is 7.08. The minimum absolute atomic E-state index is 0.0332. The fourth-order valence-corrected chi connectivity index (χ4v) is 4.65. The average Bonchev–Trinajstić information content (AvgIpc) is 2.84. The molecule has 0 radical (unpaired) electrons. The van der Waals surface area contributed by atoms with Gasteiger partial charge in [-0.05, 0) is 48.2 Å². The third-order valence-electron chi connectivity index (χ3n) is 5.51. The van der Waals surface area contributed by atoms with Crippen LogP contribution in [0.5, 0.6) is 11.5 Å². The zero-order chi connectivity index (χ0) is 26.9. The van der Waals surface area contributed by atoms with E-state index >= 15 is 0 Å². The van der Waals surface area contributed by atoms with E-state index in [1.54, 1.807) is 49.4 Å². The second-order valence-electron chi connectivity index (χ2n) is 7.84. The first kappa shape index (κ1) is 26.4. The highest BCUT2D eigenvalue weighted by Crippen LogP contribution is 2.41. The monoisotopic (exact) mass is 559 g/mol. The number of fused-ring (bicyclic) bond motifs is 1. The number of nitrogens with one attached hydrogen (secondary N) is 1. The van der Waals surface area contributed by atoms with E-state index in [9.17, 15) is 22.9 Å². The maximum Gasteiger partial charge on any atom is 0.294 e. The highest BCUT2D eigenvalue weighted by atomic mass is 35.5. The molecule has 12 heteroatoms. The van der Waals surface area contributed by atoms with Gasteiger partial charge in [0.2, 0.25) is 0 Å². The molecule has 3 N–H and O–H groups in total. The summed E-state index contributed by atoms with van der Waals surface area (Å²) in [4.78, 5) is 12.7. The molecule has 4 aromatic rings. The van der Waals surface area contributed by atoms with Crippen LogP contribution in [0.1, 0.15) is 15.9 Å². The molecular formula is C25H19Cl2N3O6S. The number of ether oxygens (including phenoxy) is 1. The number of phenolic OH excluding ortho intramolecular Hbond substituents is 1. The second kappa shape index (κ2) is 10.3. The number of azo groups is 1. The molecule has 0 heterocycles. The number of benzene rings is 4. The summed E-state index contributed by atoms with van der Waals surface area (Å²) in [5, 5.41) is 23.4. The molecule has 0 saturated carbocycles. The molecule has 9 nitrogen and oxygen atoms in total. The fraction of sp³-hybridized carbons (Fsp3) is 0.0800. The number of carbonyl (C=O) groups is 1. The van der Waals surface area contributed by atoms with Gasteiger partial charge in [-0.1, -0.05) is 53.5 Å². The summed E-state index contributed by atoms with van der Waals surface area (Å²) in [5.74, 6) is -0.868. The highest BCUT2D eigenvalue weighted by molar-refractivity contribution is 7.85. The van der Waals surface area contributed by atoms with Crippen molar-refractivity contribution in [2.75, 3.05) is 12.4 Å². The van der Waals surface area contributed by atoms with Crippen molar-refractivity contribution in [2.24, 2.45) is 10.2 Å². The van der Waals surface area contributed by atoms with Crippen LogP contribution in [0, 0.1) is 6.92 Å². The summed E-state index contributed by atoms with van der Waals surface area (Å²) in [6.45, 7) is 1.59. The fourth-order valence-electron chi connectivity index (χ4n) is 3.59. The molecule has 0 aliphatic rings. The molecule has 190 valence electrons. The molecule has 0 fully saturated rings. The van der Waals surface area contributed by atoms with Crippen LogP contribution in [0.2, 0.25) is 10.0 Å². The Balaban J connectivity index is 1.83. The molecule has 0 atom stereocenters. The van der Waals surface area contributed by atoms with Crippen LogP contribution in [0.15, 0.2) is 75.8 Å². The van der Waals surface area contributed by atoms with Gasteiger partial charge in [-0.3, -0.25) is 9.35 Å². The van der Waals surface area contributed by atoms with Crippen molar-refractivity contribution in [1.82, 2.24) is 0 Å². The molecule has 0 bridgehead atoms. The van der Waals surface area contributed by atoms with E-state index in [0.29, 0.717) is 27.0 Å². The lowest BCUT2D eigenvalue weighted by molar-refractivity contribution is 0.102. The van der Waals surface area contributed by atoms with Crippen molar-refractivity contribution in [1.29, 1.82) is 0 Å². The highest BCUT2D eigenvalue weighted by Gasteiger charge is 2.21. The van der Waals surface area contributed by atoms with E-state index in [2.05, 4.69) is 15.5 Å². The van der Waals surface area contributed by atoms with Gasteiger partial charge in [-0.2, -0.15) is 13.5 Å². The molecule has 1 amide bonds. The Bertz CT molecular complexity index is 1690. The number of phenols is 1. The van der Waals surface area contributed by atoms with Crippen molar-refractivity contribution in [3.8, 4) is 11.5 Å². The number of para-hydroxylation sites is 1. The van der Waals surface area contributed by atoms with Gasteiger partial charge < -0.3 is 15.2 Å². The number of halogens is 2. The summed E-state index contributed by atoms with van der Waals surface area (Å²) < 4.78 is 37.9. The Morgan fingerprint density at radius 1 is 1.00 bits per heavy atom. The minimum Gasteiger partial charge on any atom is -0.505 e. The minimum atomic E-state index is -4.56. The predicted molar refractivity (Wildman–Crippen MR) is 142 cm³/mol. The quantitative estimate of drug-likeness (QED) is 0.170. The SMILES string of the molecule is COc1c(Cl)cccc1NC(=O)c1cc2ccccc2c(N=Nc2cc(S(=O)(=O)O)cc(Cl)c2C)c1O. The Morgan fingerprint density at radius 3 is 2.43 bits per heavy atom. The third kappa shape index (κ3) is 5.37. The number of hydrogen-bond donors (Lipinski definition) is 3. The lowest BCUT2D eigenvalue weighted by Gasteiger charge is -2.14. The normalized spacial score (nSPS) is 11.7. The Morgan fingerprint density at radius 2 is 1.73 bits per heavy atom. The third-order valence-corrected chi connectivity index (χ3v) is 7.03. The first-order chi connectivity index (χ1) is 17.5. The van der Waals surface area contributed by atoms with Crippen LogP contribution in [0.25, 0.3) is 10.8 Å². The average molecular weight is 560 g/mol. The van der Waals surface area contributed by atoms with Crippen LogP contribution in [-0.4, -0.2) is 31.1 Å². The maximum atomic E-state index is 13.2. The molecule has 0 aliphatic heterocycles. The molecule has 37 heavy (non-hydrogen) atoms. The van der Waals surface area contributed by atoms with Crippen LogP contribution < -0.4 is 10.1 Å². The van der Waals surface area contributed by atoms with Crippen LogP contribution in [-0.2, 0) is 10.1 Å². The molecule has 4 rings (SSSR count). The van der Waals surface area contributed by atoms with E-state index in [4.69, 9.17) is 27.9 Å². The lowest BCUT2D eigenvalue weighted by atomic mass is 10.0. The number of rotatable bonds is 6. The van der Waals surface area contributed by atoms with Crippen molar-refractivity contribution < 1.29 is 27.6 Å². The molecule has 0 unspecified atom stereocenters. The zero-order valence-electron chi connectivity index (χ0n) is 19.4.